The molecule has 1 aliphatic rings. The Balaban J connectivity index is 3.56. The fraction of sp³-hybridized carbons (Fsp3) is 0.706. The third-order valence-electron chi connectivity index (χ3n) is 3.94. The van der Waals surface area contributed by atoms with Gasteiger partial charge in [-0.1, -0.05) is 0 Å². The summed E-state index contributed by atoms with van der Waals surface area (Å²) in [6.07, 6.45) is -5.24. The summed E-state index contributed by atoms with van der Waals surface area (Å²) in [6.45, 7) is 5.28. The fourth-order valence-corrected chi connectivity index (χ4v) is 9.09. The summed E-state index contributed by atoms with van der Waals surface area (Å²) < 4.78 is 35.7. The van der Waals surface area contributed by atoms with Crippen molar-refractivity contribution in [1.29, 1.82) is 0 Å². The van der Waals surface area contributed by atoms with Crippen molar-refractivity contribution in [2.75, 3.05) is 13.7 Å². The first-order chi connectivity index (χ1) is 13.9. The van der Waals surface area contributed by atoms with E-state index >= 15 is 0 Å². The molecular weight excluding hydrogens is 597 g/mol. The van der Waals surface area contributed by atoms with Crippen LogP contribution >= 0.6 is 0 Å². The maximum absolute atomic E-state index is 11.9. The van der Waals surface area contributed by atoms with Crippen LogP contribution in [-0.4, -0.2) is 71.3 Å². The summed E-state index contributed by atoms with van der Waals surface area (Å²) in [6, 6.07) is 0. The van der Waals surface area contributed by atoms with Gasteiger partial charge in [-0.2, -0.15) is 0 Å². The van der Waals surface area contributed by atoms with Crippen LogP contribution in [0.3, 0.4) is 0 Å². The molecule has 0 aromatic rings. The molecule has 0 unspecified atom stereocenters. The molecule has 166 valence electrons. The zero-order chi connectivity index (χ0) is 23.1. The van der Waals surface area contributed by atoms with Gasteiger partial charge in [-0.05, 0) is 0 Å². The Hall–Kier alpha value is -1.79. The average molecular weight is 621 g/mol. The summed E-state index contributed by atoms with van der Waals surface area (Å²) >= 11 is -3.16. The zero-order valence-corrected chi connectivity index (χ0v) is 23.1. The van der Waals surface area contributed by atoms with E-state index in [1.54, 1.807) is 0 Å². The van der Waals surface area contributed by atoms with E-state index in [0.29, 0.717) is 0 Å². The first kappa shape index (κ1) is 26.2. The first-order valence-corrected chi connectivity index (χ1v) is 13.9. The van der Waals surface area contributed by atoms with E-state index in [-0.39, 0.29) is 6.61 Å². The number of rotatable bonds is 8. The molecule has 30 heavy (non-hydrogen) atoms. The summed E-state index contributed by atoms with van der Waals surface area (Å²) in [4.78, 5) is 58.3. The van der Waals surface area contributed by atoms with Crippen molar-refractivity contribution in [3.8, 4) is 0 Å². The van der Waals surface area contributed by atoms with E-state index < -0.39 is 82.6 Å². The van der Waals surface area contributed by atoms with Crippen molar-refractivity contribution in [1.82, 2.24) is 0 Å². The van der Waals surface area contributed by atoms with Crippen LogP contribution in [0.2, 0.25) is 0 Å². The van der Waals surface area contributed by atoms with Gasteiger partial charge in [0.2, 0.25) is 0 Å². The van der Waals surface area contributed by atoms with Gasteiger partial charge in [-0.3, -0.25) is 0 Å². The zero-order valence-electron chi connectivity index (χ0n) is 17.6. The van der Waals surface area contributed by atoms with Crippen LogP contribution in [0.5, 0.6) is 0 Å². The van der Waals surface area contributed by atoms with Gasteiger partial charge >= 0.3 is 186 Å². The van der Waals surface area contributed by atoms with Crippen LogP contribution in [0.15, 0.2) is 0 Å². The molecule has 1 heterocycles. The van der Waals surface area contributed by atoms with Gasteiger partial charge in [-0.15, -0.1) is 0 Å². The number of carbonyl (C=O) groups excluding carboxylic acids is 5. The van der Waals surface area contributed by atoms with Crippen molar-refractivity contribution >= 4 is 29.8 Å². The summed E-state index contributed by atoms with van der Waals surface area (Å²) in [5.41, 5.74) is 0. The number of hydrogen-bond donors (Lipinski definition) is 0. The van der Waals surface area contributed by atoms with Gasteiger partial charge in [0.1, 0.15) is 0 Å². The number of esters is 4. The predicted octanol–water partition coefficient (Wildman–Crippen LogP) is -0.396. The van der Waals surface area contributed by atoms with Crippen LogP contribution in [0, 0.1) is 0 Å². The second-order valence-corrected chi connectivity index (χ2v) is 13.0. The SMILES string of the molecule is CO[C@@H]1O[C@H](COC(C)=O)[C@@H](OC(C)=O)[C@H](OC(C)=O)[C@@]1(OC(C)=O)[Hg][O]C(C)=O. The summed E-state index contributed by atoms with van der Waals surface area (Å²) in [7, 11) is 1.24. The monoisotopic (exact) mass is 622 g/mol. The fourth-order valence-electron chi connectivity index (χ4n) is 2.99. The van der Waals surface area contributed by atoms with Crippen molar-refractivity contribution in [3.05, 3.63) is 0 Å². The molecule has 0 amide bonds. The second kappa shape index (κ2) is 11.6. The van der Waals surface area contributed by atoms with Gasteiger partial charge in [0, 0.05) is 0 Å². The summed E-state index contributed by atoms with van der Waals surface area (Å²) in [5, 5.41) is 0. The third-order valence-corrected chi connectivity index (χ3v) is 11.3. The first-order valence-electron chi connectivity index (χ1n) is 8.92. The van der Waals surface area contributed by atoms with E-state index in [0.717, 1.165) is 20.8 Å². The molecule has 1 saturated heterocycles. The molecule has 0 aliphatic carbocycles. The van der Waals surface area contributed by atoms with Crippen molar-refractivity contribution in [2.24, 2.45) is 0 Å². The Bertz CT molecular complexity index is 680. The standard InChI is InChI=1S/C15H21O10.C2H4O2.Hg/c1-7(16)21-6-11-12(22-8(2)17)13(23-9(3)18)14(24-10(4)19)15(20-5)25-11;1-2(3)4;/h11-13,15H,6H2,1-5H3;1H3,(H,3,4);/q;;+1/p-1/t11-,12-,13+,15-;;/m1../s1. The Morgan fingerprint density at radius 2 is 1.47 bits per heavy atom. The van der Waals surface area contributed by atoms with Crippen molar-refractivity contribution in [3.63, 3.8) is 0 Å². The van der Waals surface area contributed by atoms with Crippen LogP contribution in [-0.2, 0) is 80.1 Å². The number of methoxy groups -OCH3 is 1. The summed E-state index contributed by atoms with van der Waals surface area (Å²) in [5.74, 6) is -3.59. The Morgan fingerprint density at radius 3 is 1.90 bits per heavy atom. The van der Waals surface area contributed by atoms with Crippen LogP contribution in [0.1, 0.15) is 34.6 Å². The van der Waals surface area contributed by atoms with Crippen molar-refractivity contribution in [2.45, 2.75) is 62.3 Å². The Morgan fingerprint density at radius 1 is 0.867 bits per heavy atom. The molecule has 0 aromatic carbocycles. The Kier molecular flexibility index (Phi) is 10.1. The molecular formula is C17H24HgO12. The van der Waals surface area contributed by atoms with E-state index in [9.17, 15) is 24.0 Å². The molecule has 0 spiro atoms. The van der Waals surface area contributed by atoms with Crippen LogP contribution in [0.4, 0.5) is 0 Å². The van der Waals surface area contributed by atoms with E-state index in [2.05, 4.69) is 0 Å². The Labute approximate surface area is 185 Å². The van der Waals surface area contributed by atoms with Crippen LogP contribution < -0.4 is 0 Å². The molecule has 1 aliphatic heterocycles. The van der Waals surface area contributed by atoms with Gasteiger partial charge < -0.3 is 0 Å². The molecule has 1 fully saturated rings. The van der Waals surface area contributed by atoms with Gasteiger partial charge in [0.25, 0.3) is 0 Å². The van der Waals surface area contributed by atoms with E-state index in [1.807, 2.05) is 0 Å². The quantitative estimate of drug-likeness (QED) is 0.197. The average Bonchev–Trinajstić information content (AvgIpc) is 2.60. The molecule has 12 nitrogen and oxygen atoms in total. The third kappa shape index (κ3) is 7.16. The predicted molar refractivity (Wildman–Crippen MR) is 89.7 cm³/mol. The van der Waals surface area contributed by atoms with Gasteiger partial charge in [-0.25, -0.2) is 0 Å². The molecule has 13 heteroatoms. The molecule has 0 radical (unpaired) electrons. The molecule has 0 bridgehead atoms. The molecule has 1 rings (SSSR count). The van der Waals surface area contributed by atoms with E-state index in [1.165, 1.54) is 21.0 Å². The molecule has 5 atom stereocenters. The van der Waals surface area contributed by atoms with Crippen molar-refractivity contribution < 1.29 is 80.1 Å². The minimum atomic E-state index is -3.16. The topological polar surface area (TPSA) is 150 Å². The normalized spacial score (nSPS) is 27.8. The second-order valence-electron chi connectivity index (χ2n) is 6.48. The van der Waals surface area contributed by atoms with Crippen LogP contribution in [0.25, 0.3) is 0 Å². The number of ether oxygens (including phenoxy) is 6. The van der Waals surface area contributed by atoms with Gasteiger partial charge in [0.15, 0.2) is 0 Å². The molecule has 0 aromatic heterocycles. The van der Waals surface area contributed by atoms with E-state index in [4.69, 9.17) is 31.1 Å². The molecule has 0 saturated carbocycles. The maximum atomic E-state index is 11.9. The van der Waals surface area contributed by atoms with Gasteiger partial charge in [0.05, 0.1) is 0 Å². The molecule has 0 N–H and O–H groups in total. The number of hydrogen-bond acceptors (Lipinski definition) is 12. The minimum absolute atomic E-state index is 0.370. The number of carbonyl (C=O) groups is 5.